The molecule has 2 nitrogen and oxygen atoms in total. The van der Waals surface area contributed by atoms with Crippen molar-refractivity contribution < 1.29 is 9.47 Å². The van der Waals surface area contributed by atoms with E-state index in [2.05, 4.69) is 26.8 Å². The minimum atomic E-state index is 0.236. The second-order valence-corrected chi connectivity index (χ2v) is 3.28. The van der Waals surface area contributed by atoms with Gasteiger partial charge in [0, 0.05) is 13.5 Å². The minimum Gasteiger partial charge on any atom is -0.379 e. The molecule has 0 rings (SSSR count). The third-order valence-electron chi connectivity index (χ3n) is 1.76. The van der Waals surface area contributed by atoms with Crippen molar-refractivity contribution in [3.05, 3.63) is 18.1 Å². The van der Waals surface area contributed by atoms with Crippen LogP contribution in [0.15, 0.2) is 11.6 Å². The van der Waals surface area contributed by atoms with Crippen molar-refractivity contribution >= 4 is 0 Å². The molecule has 0 saturated heterocycles. The molecule has 0 fully saturated rings. The van der Waals surface area contributed by atoms with Crippen LogP contribution in [0.2, 0.25) is 0 Å². The lowest BCUT2D eigenvalue weighted by Crippen LogP contribution is -2.17. The van der Waals surface area contributed by atoms with Crippen LogP contribution >= 0.6 is 0 Å². The number of hydrogen-bond acceptors (Lipinski definition) is 2. The van der Waals surface area contributed by atoms with Gasteiger partial charge in [-0.3, -0.25) is 0 Å². The van der Waals surface area contributed by atoms with Gasteiger partial charge in [0.1, 0.15) is 0 Å². The summed E-state index contributed by atoms with van der Waals surface area (Å²) in [5.74, 6) is 0. The highest BCUT2D eigenvalue weighted by Crippen LogP contribution is 1.98. The van der Waals surface area contributed by atoms with Crippen LogP contribution in [0, 0.1) is 6.42 Å². The van der Waals surface area contributed by atoms with E-state index in [1.54, 1.807) is 7.11 Å². The SMILES string of the molecule is CCC(COC[CH]C=C(C)C)OC. The summed E-state index contributed by atoms with van der Waals surface area (Å²) >= 11 is 0. The van der Waals surface area contributed by atoms with Gasteiger partial charge in [-0.15, -0.1) is 0 Å². The Kier molecular flexibility index (Phi) is 8.05. The topological polar surface area (TPSA) is 18.5 Å². The first-order valence-electron chi connectivity index (χ1n) is 4.78. The van der Waals surface area contributed by atoms with Gasteiger partial charge in [0.15, 0.2) is 0 Å². The number of allylic oxidation sites excluding steroid dienone is 1. The lowest BCUT2D eigenvalue weighted by Gasteiger charge is -2.12. The Hall–Kier alpha value is -0.340. The monoisotopic (exact) mass is 185 g/mol. The molecule has 0 spiro atoms. The summed E-state index contributed by atoms with van der Waals surface area (Å²) in [5, 5.41) is 0. The Morgan fingerprint density at radius 1 is 1.38 bits per heavy atom. The molecule has 0 heterocycles. The van der Waals surface area contributed by atoms with E-state index < -0.39 is 0 Å². The Balaban J connectivity index is 3.29. The van der Waals surface area contributed by atoms with Crippen molar-refractivity contribution in [1.82, 2.24) is 0 Å². The minimum absolute atomic E-state index is 0.236. The maximum Gasteiger partial charge on any atom is 0.0802 e. The van der Waals surface area contributed by atoms with E-state index in [1.807, 2.05) is 6.42 Å². The maximum absolute atomic E-state index is 5.40. The average molecular weight is 185 g/mol. The van der Waals surface area contributed by atoms with Gasteiger partial charge in [-0.2, -0.15) is 0 Å². The molecule has 0 aromatic rings. The fourth-order valence-corrected chi connectivity index (χ4v) is 0.904. The highest BCUT2D eigenvalue weighted by atomic mass is 16.5. The van der Waals surface area contributed by atoms with Gasteiger partial charge >= 0.3 is 0 Å². The molecule has 0 aromatic heterocycles. The molecule has 0 aliphatic carbocycles. The molecule has 0 N–H and O–H groups in total. The molecular weight excluding hydrogens is 164 g/mol. The Morgan fingerprint density at radius 3 is 2.54 bits per heavy atom. The third kappa shape index (κ3) is 8.00. The van der Waals surface area contributed by atoms with Crippen LogP contribution in [-0.4, -0.2) is 26.4 Å². The van der Waals surface area contributed by atoms with Crippen molar-refractivity contribution in [2.45, 2.75) is 33.3 Å². The van der Waals surface area contributed by atoms with Crippen LogP contribution in [0.3, 0.4) is 0 Å². The summed E-state index contributed by atoms with van der Waals surface area (Å²) in [6.45, 7) is 7.59. The molecule has 77 valence electrons. The van der Waals surface area contributed by atoms with Gasteiger partial charge in [-0.25, -0.2) is 0 Å². The van der Waals surface area contributed by atoms with Crippen molar-refractivity contribution in [2.75, 3.05) is 20.3 Å². The van der Waals surface area contributed by atoms with Gasteiger partial charge in [0.25, 0.3) is 0 Å². The molecule has 0 aliphatic heterocycles. The van der Waals surface area contributed by atoms with Crippen LogP contribution in [0.1, 0.15) is 27.2 Å². The van der Waals surface area contributed by atoms with Crippen molar-refractivity contribution in [2.24, 2.45) is 0 Å². The van der Waals surface area contributed by atoms with Crippen LogP contribution < -0.4 is 0 Å². The van der Waals surface area contributed by atoms with Crippen LogP contribution in [0.4, 0.5) is 0 Å². The second kappa shape index (κ2) is 8.27. The van der Waals surface area contributed by atoms with Crippen LogP contribution in [-0.2, 0) is 9.47 Å². The standard InChI is InChI=1S/C11H21O2/c1-5-11(12-4)9-13-8-6-7-10(2)3/h6-7,11H,5,8-9H2,1-4H3. The quantitative estimate of drug-likeness (QED) is 0.568. The normalized spacial score (nSPS) is 12.6. The van der Waals surface area contributed by atoms with Gasteiger partial charge in [0.2, 0.25) is 0 Å². The molecule has 2 heteroatoms. The average Bonchev–Trinajstić information content (AvgIpc) is 2.11. The maximum atomic E-state index is 5.40. The fourth-order valence-electron chi connectivity index (χ4n) is 0.904. The van der Waals surface area contributed by atoms with Crippen molar-refractivity contribution in [3.63, 3.8) is 0 Å². The number of methoxy groups -OCH3 is 1. The summed E-state index contributed by atoms with van der Waals surface area (Å²) in [6.07, 6.45) is 5.32. The molecule has 1 unspecified atom stereocenters. The van der Waals surface area contributed by atoms with Gasteiger partial charge in [0.05, 0.1) is 19.3 Å². The van der Waals surface area contributed by atoms with E-state index in [-0.39, 0.29) is 6.10 Å². The Labute approximate surface area is 81.9 Å². The highest BCUT2D eigenvalue weighted by molar-refractivity contribution is 5.02. The summed E-state index contributed by atoms with van der Waals surface area (Å²) in [7, 11) is 1.72. The zero-order chi connectivity index (χ0) is 10.1. The van der Waals surface area contributed by atoms with E-state index in [1.165, 1.54) is 5.57 Å². The highest BCUT2D eigenvalue weighted by Gasteiger charge is 2.02. The molecule has 13 heavy (non-hydrogen) atoms. The first-order valence-corrected chi connectivity index (χ1v) is 4.78. The first kappa shape index (κ1) is 12.7. The number of hydrogen-bond donors (Lipinski definition) is 0. The molecule has 0 aromatic carbocycles. The van der Waals surface area contributed by atoms with E-state index in [0.717, 1.165) is 6.42 Å². The largest absolute Gasteiger partial charge is 0.379 e. The zero-order valence-electron chi connectivity index (χ0n) is 9.17. The second-order valence-electron chi connectivity index (χ2n) is 3.28. The molecule has 0 bridgehead atoms. The third-order valence-corrected chi connectivity index (χ3v) is 1.76. The van der Waals surface area contributed by atoms with Crippen molar-refractivity contribution in [3.8, 4) is 0 Å². The fraction of sp³-hybridized carbons (Fsp3) is 0.727. The van der Waals surface area contributed by atoms with Gasteiger partial charge in [-0.1, -0.05) is 18.6 Å². The molecule has 0 saturated carbocycles. The van der Waals surface area contributed by atoms with Crippen molar-refractivity contribution in [1.29, 1.82) is 0 Å². The van der Waals surface area contributed by atoms with Gasteiger partial charge < -0.3 is 9.47 Å². The Morgan fingerprint density at radius 2 is 2.08 bits per heavy atom. The summed E-state index contributed by atoms with van der Waals surface area (Å²) < 4.78 is 10.6. The predicted molar refractivity (Wildman–Crippen MR) is 55.6 cm³/mol. The molecule has 0 aliphatic rings. The molecule has 1 atom stereocenters. The smallest absolute Gasteiger partial charge is 0.0802 e. The van der Waals surface area contributed by atoms with E-state index >= 15 is 0 Å². The van der Waals surface area contributed by atoms with Crippen LogP contribution in [0.5, 0.6) is 0 Å². The van der Waals surface area contributed by atoms with Crippen LogP contribution in [0.25, 0.3) is 0 Å². The Bertz CT molecular complexity index is 133. The lowest BCUT2D eigenvalue weighted by atomic mass is 10.3. The molecular formula is C11H21O2. The summed E-state index contributed by atoms with van der Waals surface area (Å²) in [5.41, 5.74) is 1.29. The molecule has 1 radical (unpaired) electrons. The van der Waals surface area contributed by atoms with E-state index in [9.17, 15) is 0 Å². The lowest BCUT2D eigenvalue weighted by molar-refractivity contribution is 0.0139. The van der Waals surface area contributed by atoms with E-state index in [0.29, 0.717) is 13.2 Å². The first-order chi connectivity index (χ1) is 6.20. The number of ether oxygens (including phenoxy) is 2. The predicted octanol–water partition coefficient (Wildman–Crippen LogP) is 2.60. The van der Waals surface area contributed by atoms with Gasteiger partial charge in [-0.05, 0) is 20.3 Å². The number of rotatable bonds is 7. The molecule has 0 amide bonds. The summed E-state index contributed by atoms with van der Waals surface area (Å²) in [6, 6.07) is 0. The van der Waals surface area contributed by atoms with E-state index in [4.69, 9.17) is 9.47 Å². The zero-order valence-corrected chi connectivity index (χ0v) is 9.17. The summed E-state index contributed by atoms with van der Waals surface area (Å²) in [4.78, 5) is 0.